The van der Waals surface area contributed by atoms with Crippen LogP contribution in [-0.2, 0) is 22.0 Å². The highest BCUT2D eigenvalue weighted by Crippen LogP contribution is 2.36. The van der Waals surface area contributed by atoms with Crippen molar-refractivity contribution in [3.05, 3.63) is 53.3 Å². The Hall–Kier alpha value is -1.89. The van der Waals surface area contributed by atoms with Crippen molar-refractivity contribution in [2.45, 2.75) is 31.1 Å². The number of nitrogens with one attached hydrogen (secondary N) is 2. The standard InChI is InChI=1S/C22H30N4O2.ClH/c1-16-5-3-4-6-20(16)22(7-9-28-10-8-22)15-24-21(27)19-13-23-12-18(19)17-11-25-26(2)14-17;/h3-6,11,14,18-19,23H,7-10,12-13,15H2,1-2H3,(H,24,27);1H/t18-,19+;/m1./s1. The molecule has 0 unspecified atom stereocenters. The number of aryl methyl sites for hydroxylation is 2. The smallest absolute Gasteiger partial charge is 0.225 e. The molecule has 2 aliphatic heterocycles. The minimum absolute atomic E-state index is 0. The molecule has 0 spiro atoms. The third-order valence-electron chi connectivity index (χ3n) is 6.47. The molecule has 2 fully saturated rings. The molecule has 158 valence electrons. The molecule has 2 aromatic rings. The zero-order valence-electron chi connectivity index (χ0n) is 17.2. The number of hydrogen-bond donors (Lipinski definition) is 2. The number of nitrogens with zero attached hydrogens (tertiary/aromatic N) is 2. The van der Waals surface area contributed by atoms with Gasteiger partial charge in [0.1, 0.15) is 0 Å². The summed E-state index contributed by atoms with van der Waals surface area (Å²) in [6.45, 7) is 5.84. The third-order valence-corrected chi connectivity index (χ3v) is 6.47. The molecule has 0 radical (unpaired) electrons. The van der Waals surface area contributed by atoms with Crippen LogP contribution in [0.15, 0.2) is 36.7 Å². The van der Waals surface area contributed by atoms with Gasteiger partial charge in [-0.1, -0.05) is 24.3 Å². The first-order valence-corrected chi connectivity index (χ1v) is 10.2. The number of carbonyl (C=O) groups is 1. The average molecular weight is 419 g/mol. The van der Waals surface area contributed by atoms with Crippen molar-refractivity contribution in [3.63, 3.8) is 0 Å². The summed E-state index contributed by atoms with van der Waals surface area (Å²) in [6.07, 6.45) is 5.77. The van der Waals surface area contributed by atoms with E-state index in [4.69, 9.17) is 4.74 Å². The normalized spacial score (nSPS) is 23.4. The van der Waals surface area contributed by atoms with Crippen LogP contribution < -0.4 is 10.6 Å². The summed E-state index contributed by atoms with van der Waals surface area (Å²) in [7, 11) is 1.91. The zero-order valence-corrected chi connectivity index (χ0v) is 18.0. The van der Waals surface area contributed by atoms with Gasteiger partial charge >= 0.3 is 0 Å². The van der Waals surface area contributed by atoms with Crippen LogP contribution in [0, 0.1) is 12.8 Å². The molecular weight excluding hydrogens is 388 g/mol. The van der Waals surface area contributed by atoms with Gasteiger partial charge in [-0.05, 0) is 36.5 Å². The lowest BCUT2D eigenvalue weighted by Gasteiger charge is -2.39. The number of rotatable bonds is 5. The van der Waals surface area contributed by atoms with Crippen LogP contribution in [0.2, 0.25) is 0 Å². The molecule has 1 aromatic heterocycles. The lowest BCUT2D eigenvalue weighted by Crippen LogP contribution is -2.47. The van der Waals surface area contributed by atoms with Crippen molar-refractivity contribution in [2.24, 2.45) is 13.0 Å². The second-order valence-electron chi connectivity index (χ2n) is 8.24. The van der Waals surface area contributed by atoms with Crippen LogP contribution in [-0.4, -0.2) is 48.5 Å². The number of halogens is 1. The molecule has 0 saturated carbocycles. The van der Waals surface area contributed by atoms with Crippen molar-refractivity contribution in [2.75, 3.05) is 32.8 Å². The molecule has 3 heterocycles. The second kappa shape index (κ2) is 9.28. The van der Waals surface area contributed by atoms with Crippen molar-refractivity contribution in [1.29, 1.82) is 0 Å². The molecular formula is C22H31ClN4O2. The molecule has 2 atom stereocenters. The Morgan fingerprint density at radius 3 is 2.76 bits per heavy atom. The minimum atomic E-state index is -0.0574. The van der Waals surface area contributed by atoms with Gasteiger partial charge < -0.3 is 15.4 Å². The van der Waals surface area contributed by atoms with Crippen LogP contribution in [0.5, 0.6) is 0 Å². The lowest BCUT2D eigenvalue weighted by molar-refractivity contribution is -0.125. The van der Waals surface area contributed by atoms with E-state index in [2.05, 4.69) is 46.9 Å². The Bertz CT molecular complexity index is 832. The fourth-order valence-electron chi connectivity index (χ4n) is 4.79. The van der Waals surface area contributed by atoms with Gasteiger partial charge in [0.15, 0.2) is 0 Å². The fourth-order valence-corrected chi connectivity index (χ4v) is 4.79. The van der Waals surface area contributed by atoms with E-state index in [1.807, 2.05) is 19.4 Å². The van der Waals surface area contributed by atoms with Gasteiger partial charge in [0.05, 0.1) is 12.1 Å². The highest BCUT2D eigenvalue weighted by molar-refractivity contribution is 5.85. The first-order chi connectivity index (χ1) is 13.6. The van der Waals surface area contributed by atoms with E-state index in [0.717, 1.165) is 38.2 Å². The number of aromatic nitrogens is 2. The maximum Gasteiger partial charge on any atom is 0.225 e. The number of ether oxygens (including phenoxy) is 1. The predicted molar refractivity (Wildman–Crippen MR) is 115 cm³/mol. The monoisotopic (exact) mass is 418 g/mol. The van der Waals surface area contributed by atoms with Crippen LogP contribution in [0.4, 0.5) is 0 Å². The van der Waals surface area contributed by atoms with Gasteiger partial charge in [-0.25, -0.2) is 0 Å². The average Bonchev–Trinajstić information content (AvgIpc) is 3.36. The third kappa shape index (κ3) is 4.49. The van der Waals surface area contributed by atoms with E-state index in [0.29, 0.717) is 13.1 Å². The van der Waals surface area contributed by atoms with Crippen LogP contribution in [0.3, 0.4) is 0 Å². The van der Waals surface area contributed by atoms with E-state index in [9.17, 15) is 4.79 Å². The Morgan fingerprint density at radius 1 is 1.31 bits per heavy atom. The number of hydrogen-bond acceptors (Lipinski definition) is 4. The molecule has 2 N–H and O–H groups in total. The van der Waals surface area contributed by atoms with Crippen molar-refractivity contribution in [3.8, 4) is 0 Å². The lowest BCUT2D eigenvalue weighted by atomic mass is 9.72. The molecule has 1 aromatic carbocycles. The highest BCUT2D eigenvalue weighted by Gasteiger charge is 2.39. The molecule has 0 bridgehead atoms. The Morgan fingerprint density at radius 2 is 2.07 bits per heavy atom. The van der Waals surface area contributed by atoms with E-state index >= 15 is 0 Å². The van der Waals surface area contributed by atoms with E-state index in [1.54, 1.807) is 4.68 Å². The summed E-state index contributed by atoms with van der Waals surface area (Å²) >= 11 is 0. The summed E-state index contributed by atoms with van der Waals surface area (Å²) in [6, 6.07) is 8.55. The van der Waals surface area contributed by atoms with Crippen molar-refractivity contribution < 1.29 is 9.53 Å². The first-order valence-electron chi connectivity index (χ1n) is 10.2. The van der Waals surface area contributed by atoms with E-state index in [-0.39, 0.29) is 35.6 Å². The Kier molecular flexibility index (Phi) is 6.98. The maximum atomic E-state index is 13.1. The van der Waals surface area contributed by atoms with Crippen LogP contribution in [0.1, 0.15) is 35.4 Å². The molecule has 6 nitrogen and oxygen atoms in total. The summed E-state index contributed by atoms with van der Waals surface area (Å²) < 4.78 is 7.44. The minimum Gasteiger partial charge on any atom is -0.381 e. The predicted octanol–water partition coefficient (Wildman–Crippen LogP) is 2.32. The summed E-state index contributed by atoms with van der Waals surface area (Å²) in [5.41, 5.74) is 3.71. The van der Waals surface area contributed by atoms with Crippen LogP contribution in [0.25, 0.3) is 0 Å². The van der Waals surface area contributed by atoms with Gasteiger partial charge in [-0.15, -0.1) is 12.4 Å². The van der Waals surface area contributed by atoms with E-state index in [1.165, 1.54) is 11.1 Å². The molecule has 2 aliphatic rings. The van der Waals surface area contributed by atoms with Gasteiger partial charge in [-0.3, -0.25) is 9.48 Å². The second-order valence-corrected chi connectivity index (χ2v) is 8.24. The Balaban J connectivity index is 0.00000240. The van der Waals surface area contributed by atoms with Crippen molar-refractivity contribution >= 4 is 18.3 Å². The quantitative estimate of drug-likeness (QED) is 0.781. The summed E-state index contributed by atoms with van der Waals surface area (Å²) in [5, 5.41) is 11.0. The zero-order chi connectivity index (χ0) is 19.6. The summed E-state index contributed by atoms with van der Waals surface area (Å²) in [5.74, 6) is 0.258. The fraction of sp³-hybridized carbons (Fsp3) is 0.545. The first kappa shape index (κ1) is 21.8. The van der Waals surface area contributed by atoms with Gasteiger partial charge in [0.25, 0.3) is 0 Å². The number of benzene rings is 1. The largest absolute Gasteiger partial charge is 0.381 e. The topological polar surface area (TPSA) is 68.2 Å². The summed E-state index contributed by atoms with van der Waals surface area (Å²) in [4.78, 5) is 13.1. The number of amides is 1. The van der Waals surface area contributed by atoms with Crippen LogP contribution >= 0.6 is 12.4 Å². The molecule has 1 amide bonds. The van der Waals surface area contributed by atoms with Gasteiger partial charge in [-0.2, -0.15) is 5.10 Å². The molecule has 2 saturated heterocycles. The molecule has 7 heteroatoms. The Labute approximate surface area is 178 Å². The van der Waals surface area contributed by atoms with Crippen molar-refractivity contribution in [1.82, 2.24) is 20.4 Å². The maximum absolute atomic E-state index is 13.1. The highest BCUT2D eigenvalue weighted by atomic mass is 35.5. The molecule has 0 aliphatic carbocycles. The number of carbonyl (C=O) groups excluding carboxylic acids is 1. The molecule has 4 rings (SSSR count). The van der Waals surface area contributed by atoms with Gasteiger partial charge in [0, 0.05) is 57.4 Å². The van der Waals surface area contributed by atoms with E-state index < -0.39 is 0 Å². The van der Waals surface area contributed by atoms with Gasteiger partial charge in [0.2, 0.25) is 5.91 Å². The SMILES string of the molecule is Cc1ccccc1C1(CNC(=O)[C@H]2CNC[C@@H]2c2cnn(C)c2)CCOCC1.Cl. The molecule has 29 heavy (non-hydrogen) atoms.